The van der Waals surface area contributed by atoms with Crippen LogP contribution in [0.3, 0.4) is 0 Å². The Labute approximate surface area is 213 Å². The van der Waals surface area contributed by atoms with Crippen molar-refractivity contribution in [2.75, 3.05) is 51.9 Å². The number of nitrogens with zero attached hydrogens (tertiary/aromatic N) is 3. The van der Waals surface area contributed by atoms with Gasteiger partial charge < -0.3 is 14.8 Å². The average Bonchev–Trinajstić information content (AvgIpc) is 3.44. The zero-order valence-electron chi connectivity index (χ0n) is 20.7. The first-order valence-corrected chi connectivity index (χ1v) is 12.0. The number of anilines is 1. The fourth-order valence-electron chi connectivity index (χ4n) is 4.48. The molecule has 2 heterocycles. The van der Waals surface area contributed by atoms with E-state index in [1.165, 1.54) is 10.7 Å². The van der Waals surface area contributed by atoms with Crippen LogP contribution in [0, 0.1) is 18.6 Å². The van der Waals surface area contributed by atoms with Crippen molar-refractivity contribution in [2.45, 2.75) is 18.9 Å². The van der Waals surface area contributed by atoms with E-state index in [2.05, 4.69) is 20.6 Å². The standard InChI is InChI=1S/C26H30F3N5O3/c1-17-24(34(19-6-4-3-5-7-19)32-25(17)37-12-10-27)31-26(35)30-23-16-33(11-13-36-2)15-20(23)18-8-9-21(28)22(29)14-18/h3-9,14,20,23H,10-13,15-16H2,1-2H3,(H2,30,31,35)/t20-,23+/m0/s1. The van der Waals surface area contributed by atoms with E-state index in [0.29, 0.717) is 48.9 Å². The van der Waals surface area contributed by atoms with Gasteiger partial charge in [0.15, 0.2) is 11.6 Å². The number of rotatable bonds is 10. The Bertz CT molecular complexity index is 1210. The second kappa shape index (κ2) is 12.1. The maximum Gasteiger partial charge on any atom is 0.320 e. The summed E-state index contributed by atoms with van der Waals surface area (Å²) in [5.41, 5.74) is 1.82. The minimum absolute atomic E-state index is 0.159. The minimum atomic E-state index is -0.931. The van der Waals surface area contributed by atoms with Crippen molar-refractivity contribution >= 4 is 11.8 Å². The summed E-state index contributed by atoms with van der Waals surface area (Å²) in [6.07, 6.45) is 0. The number of urea groups is 1. The van der Waals surface area contributed by atoms with Gasteiger partial charge in [0.05, 0.1) is 23.9 Å². The van der Waals surface area contributed by atoms with Gasteiger partial charge in [-0.15, -0.1) is 5.10 Å². The molecule has 1 fully saturated rings. The van der Waals surface area contributed by atoms with E-state index in [9.17, 15) is 18.0 Å². The number of aromatic nitrogens is 2. The summed E-state index contributed by atoms with van der Waals surface area (Å²) in [6, 6.07) is 12.1. The van der Waals surface area contributed by atoms with Crippen LogP contribution in [0.4, 0.5) is 23.8 Å². The molecule has 2 atom stereocenters. The molecule has 11 heteroatoms. The smallest absolute Gasteiger partial charge is 0.320 e. The number of amides is 2. The molecule has 0 unspecified atom stereocenters. The summed E-state index contributed by atoms with van der Waals surface area (Å²) >= 11 is 0. The van der Waals surface area contributed by atoms with Crippen LogP contribution in [-0.4, -0.2) is 73.4 Å². The third-order valence-corrected chi connectivity index (χ3v) is 6.32. The second-order valence-electron chi connectivity index (χ2n) is 8.80. The van der Waals surface area contributed by atoms with Gasteiger partial charge in [-0.2, -0.15) is 0 Å². The van der Waals surface area contributed by atoms with Gasteiger partial charge in [-0.3, -0.25) is 10.2 Å². The predicted molar refractivity (Wildman–Crippen MR) is 133 cm³/mol. The summed E-state index contributed by atoms with van der Waals surface area (Å²) in [5.74, 6) is -1.53. The fraction of sp³-hybridized carbons (Fsp3) is 0.385. The molecule has 2 N–H and O–H groups in total. The Morgan fingerprint density at radius 2 is 1.89 bits per heavy atom. The number of carbonyl (C=O) groups excluding carboxylic acids is 1. The van der Waals surface area contributed by atoms with Gasteiger partial charge in [0, 0.05) is 32.7 Å². The van der Waals surface area contributed by atoms with Gasteiger partial charge in [-0.25, -0.2) is 22.6 Å². The van der Waals surface area contributed by atoms with Gasteiger partial charge >= 0.3 is 6.03 Å². The van der Waals surface area contributed by atoms with Crippen LogP contribution < -0.4 is 15.4 Å². The summed E-state index contributed by atoms with van der Waals surface area (Å²) in [7, 11) is 1.61. The quantitative estimate of drug-likeness (QED) is 0.424. The second-order valence-corrected chi connectivity index (χ2v) is 8.80. The maximum atomic E-state index is 14.0. The Morgan fingerprint density at radius 3 is 2.59 bits per heavy atom. The van der Waals surface area contributed by atoms with Crippen LogP contribution in [0.15, 0.2) is 48.5 Å². The van der Waals surface area contributed by atoms with E-state index >= 15 is 0 Å². The molecule has 37 heavy (non-hydrogen) atoms. The minimum Gasteiger partial charge on any atom is -0.474 e. The molecule has 0 aliphatic carbocycles. The maximum absolute atomic E-state index is 14.0. The Hall–Kier alpha value is -3.57. The van der Waals surface area contributed by atoms with Crippen molar-refractivity contribution in [3.8, 4) is 11.6 Å². The molecular formula is C26H30F3N5O3. The zero-order valence-corrected chi connectivity index (χ0v) is 20.7. The van der Waals surface area contributed by atoms with Gasteiger partial charge in [0.2, 0.25) is 5.88 Å². The van der Waals surface area contributed by atoms with Crippen LogP contribution in [0.25, 0.3) is 5.69 Å². The molecule has 0 saturated carbocycles. The van der Waals surface area contributed by atoms with Crippen molar-refractivity contribution in [3.63, 3.8) is 0 Å². The van der Waals surface area contributed by atoms with E-state index in [-0.39, 0.29) is 24.4 Å². The number of para-hydroxylation sites is 1. The first kappa shape index (κ1) is 26.5. The van der Waals surface area contributed by atoms with Crippen LogP contribution in [-0.2, 0) is 4.74 Å². The molecule has 1 aliphatic rings. The lowest BCUT2D eigenvalue weighted by atomic mass is 9.94. The van der Waals surface area contributed by atoms with E-state index in [4.69, 9.17) is 9.47 Å². The van der Waals surface area contributed by atoms with E-state index in [0.717, 1.165) is 6.07 Å². The molecule has 198 valence electrons. The van der Waals surface area contributed by atoms with E-state index < -0.39 is 24.3 Å². The van der Waals surface area contributed by atoms with Crippen LogP contribution >= 0.6 is 0 Å². The summed E-state index contributed by atoms with van der Waals surface area (Å²) in [5, 5.41) is 10.2. The largest absolute Gasteiger partial charge is 0.474 e. The molecule has 1 aliphatic heterocycles. The number of alkyl halides is 1. The third-order valence-electron chi connectivity index (χ3n) is 6.32. The third kappa shape index (κ3) is 6.23. The summed E-state index contributed by atoms with van der Waals surface area (Å²) < 4.78 is 52.4. The lowest BCUT2D eigenvalue weighted by Gasteiger charge is -2.21. The summed E-state index contributed by atoms with van der Waals surface area (Å²) in [4.78, 5) is 15.3. The highest BCUT2D eigenvalue weighted by Crippen LogP contribution is 2.30. The fourth-order valence-corrected chi connectivity index (χ4v) is 4.48. The number of likely N-dealkylation sites (tertiary alicyclic amines) is 1. The zero-order chi connectivity index (χ0) is 26.4. The lowest BCUT2D eigenvalue weighted by molar-refractivity contribution is 0.159. The molecule has 0 bridgehead atoms. The topological polar surface area (TPSA) is 80.7 Å². The molecule has 2 amide bonds. The first-order valence-electron chi connectivity index (χ1n) is 12.0. The van der Waals surface area contributed by atoms with Crippen molar-refractivity contribution in [1.29, 1.82) is 0 Å². The average molecular weight is 518 g/mol. The number of ether oxygens (including phenoxy) is 2. The molecule has 0 radical (unpaired) electrons. The SMILES string of the molecule is COCCN1C[C@@H](NC(=O)Nc2c(C)c(OCCF)nn2-c2ccccc2)[C@H](c2ccc(F)c(F)c2)C1. The number of nitrogens with one attached hydrogen (secondary N) is 2. The first-order chi connectivity index (χ1) is 17.9. The van der Waals surface area contributed by atoms with Gasteiger partial charge in [0.25, 0.3) is 0 Å². The van der Waals surface area contributed by atoms with Crippen molar-refractivity contribution in [2.24, 2.45) is 0 Å². The van der Waals surface area contributed by atoms with E-state index in [1.807, 2.05) is 30.3 Å². The molecule has 4 rings (SSSR count). The lowest BCUT2D eigenvalue weighted by Crippen LogP contribution is -2.42. The number of methoxy groups -OCH3 is 1. The van der Waals surface area contributed by atoms with Crippen molar-refractivity contribution < 1.29 is 27.4 Å². The van der Waals surface area contributed by atoms with Crippen LogP contribution in [0.5, 0.6) is 5.88 Å². The highest BCUT2D eigenvalue weighted by Gasteiger charge is 2.35. The monoisotopic (exact) mass is 517 g/mol. The highest BCUT2D eigenvalue weighted by atomic mass is 19.2. The van der Waals surface area contributed by atoms with Gasteiger partial charge in [-0.1, -0.05) is 24.3 Å². The molecule has 8 nitrogen and oxygen atoms in total. The number of benzene rings is 2. The number of halogens is 3. The number of hydrogen-bond acceptors (Lipinski definition) is 5. The highest BCUT2D eigenvalue weighted by molar-refractivity contribution is 5.90. The van der Waals surface area contributed by atoms with Crippen molar-refractivity contribution in [1.82, 2.24) is 20.0 Å². The molecular weight excluding hydrogens is 487 g/mol. The van der Waals surface area contributed by atoms with Gasteiger partial charge in [-0.05, 0) is 36.8 Å². The molecule has 1 aromatic heterocycles. The van der Waals surface area contributed by atoms with Crippen molar-refractivity contribution in [3.05, 3.63) is 71.3 Å². The molecule has 1 saturated heterocycles. The predicted octanol–water partition coefficient (Wildman–Crippen LogP) is 4.04. The Morgan fingerprint density at radius 1 is 1.11 bits per heavy atom. The van der Waals surface area contributed by atoms with Gasteiger partial charge in [0.1, 0.15) is 19.1 Å². The summed E-state index contributed by atoms with van der Waals surface area (Å²) in [6.45, 7) is 3.07. The van der Waals surface area contributed by atoms with Crippen LogP contribution in [0.2, 0.25) is 0 Å². The van der Waals surface area contributed by atoms with E-state index in [1.54, 1.807) is 20.1 Å². The number of carbonyl (C=O) groups is 1. The number of hydrogen-bond donors (Lipinski definition) is 2. The van der Waals surface area contributed by atoms with Crippen LogP contribution in [0.1, 0.15) is 17.0 Å². The molecule has 2 aromatic carbocycles. The molecule has 0 spiro atoms. The Kier molecular flexibility index (Phi) is 8.67. The normalized spacial score (nSPS) is 17.6. The Balaban J connectivity index is 1.56. The molecule has 3 aromatic rings.